The van der Waals surface area contributed by atoms with Crippen LogP contribution < -0.4 is 15.4 Å². The average Bonchev–Trinajstić information content (AvgIpc) is 2.77. The van der Waals surface area contributed by atoms with Crippen molar-refractivity contribution in [1.82, 2.24) is 15.5 Å². The van der Waals surface area contributed by atoms with Crippen LogP contribution in [0.3, 0.4) is 0 Å². The molecule has 1 aliphatic rings. The maximum Gasteiger partial charge on any atom is 0.315 e. The van der Waals surface area contributed by atoms with Gasteiger partial charge in [-0.05, 0) is 42.2 Å². The fourth-order valence-electron chi connectivity index (χ4n) is 3.57. The van der Waals surface area contributed by atoms with Gasteiger partial charge in [0.05, 0.1) is 12.7 Å². The molecule has 1 saturated heterocycles. The Bertz CT molecular complexity index is 876. The van der Waals surface area contributed by atoms with E-state index in [1.807, 2.05) is 36.4 Å². The van der Waals surface area contributed by atoms with Gasteiger partial charge in [-0.2, -0.15) is 0 Å². The number of amides is 2. The molecule has 164 valence electrons. The Balaban J connectivity index is 1.37. The molecule has 1 aliphatic heterocycles. The van der Waals surface area contributed by atoms with Crippen molar-refractivity contribution in [3.63, 3.8) is 0 Å². The van der Waals surface area contributed by atoms with E-state index in [2.05, 4.69) is 40.5 Å². The zero-order valence-electron chi connectivity index (χ0n) is 18.1. The highest BCUT2D eigenvalue weighted by atomic mass is 16.5. The van der Waals surface area contributed by atoms with Crippen LogP contribution in [0.1, 0.15) is 23.6 Å². The lowest BCUT2D eigenvalue weighted by Crippen LogP contribution is -2.40. The smallest absolute Gasteiger partial charge is 0.315 e. The van der Waals surface area contributed by atoms with E-state index in [1.54, 1.807) is 0 Å². The molecule has 1 heterocycles. The van der Waals surface area contributed by atoms with Gasteiger partial charge in [-0.1, -0.05) is 42.3 Å². The van der Waals surface area contributed by atoms with Gasteiger partial charge in [0, 0.05) is 32.7 Å². The van der Waals surface area contributed by atoms with Crippen molar-refractivity contribution in [3.05, 3.63) is 65.2 Å². The number of rotatable bonds is 9. The monoisotopic (exact) mass is 421 g/mol. The summed E-state index contributed by atoms with van der Waals surface area (Å²) in [7, 11) is 0. The minimum Gasteiger partial charge on any atom is -0.481 e. The van der Waals surface area contributed by atoms with Crippen LogP contribution >= 0.6 is 0 Å². The van der Waals surface area contributed by atoms with Gasteiger partial charge in [0.2, 0.25) is 0 Å². The summed E-state index contributed by atoms with van der Waals surface area (Å²) in [5.74, 6) is 3.19. The van der Waals surface area contributed by atoms with E-state index in [0.717, 1.165) is 49.5 Å². The summed E-state index contributed by atoms with van der Waals surface area (Å²) >= 11 is 0. The third-order valence-corrected chi connectivity index (χ3v) is 5.12. The second kappa shape index (κ2) is 12.0. The molecule has 6 nitrogen and oxygen atoms in total. The molecule has 0 aromatic heterocycles. The predicted octanol–water partition coefficient (Wildman–Crippen LogP) is 2.96. The maximum absolute atomic E-state index is 12.1. The molecule has 2 aromatic rings. The van der Waals surface area contributed by atoms with Crippen molar-refractivity contribution in [3.8, 4) is 18.1 Å². The van der Waals surface area contributed by atoms with E-state index >= 15 is 0 Å². The van der Waals surface area contributed by atoms with E-state index < -0.39 is 0 Å². The van der Waals surface area contributed by atoms with Gasteiger partial charge < -0.3 is 20.1 Å². The topological polar surface area (TPSA) is 62.8 Å². The molecular formula is C25H31N3O3. The normalized spacial score (nSPS) is 16.3. The lowest BCUT2D eigenvalue weighted by Gasteiger charge is -2.31. The molecule has 1 fully saturated rings. The first-order chi connectivity index (χ1) is 15.1. The van der Waals surface area contributed by atoms with Gasteiger partial charge in [0.15, 0.2) is 0 Å². The fourth-order valence-corrected chi connectivity index (χ4v) is 3.57. The zero-order valence-corrected chi connectivity index (χ0v) is 18.1. The number of nitrogens with one attached hydrogen (secondary N) is 2. The second-order valence-corrected chi connectivity index (χ2v) is 7.73. The molecule has 1 unspecified atom stereocenters. The molecule has 2 aromatic carbocycles. The standard InChI is InChI=1S/C25H31N3O3/c1-3-14-31-24-9-7-21(8-10-24)11-12-26-25(29)27-17-22-5-4-6-23(16-22)19-28-13-15-30-20(2)18-28/h1,4-10,16,20H,11-15,17-19H2,2H3,(H2,26,27,29). The number of nitrogens with zero attached hydrogens (tertiary/aromatic N) is 1. The van der Waals surface area contributed by atoms with Gasteiger partial charge in [0.25, 0.3) is 0 Å². The summed E-state index contributed by atoms with van der Waals surface area (Å²) in [6, 6.07) is 15.9. The van der Waals surface area contributed by atoms with Crippen LogP contribution in [-0.2, 0) is 24.2 Å². The Morgan fingerprint density at radius 1 is 1.19 bits per heavy atom. The fraction of sp³-hybridized carbons (Fsp3) is 0.400. The number of carbonyl (C=O) groups is 1. The minimum absolute atomic E-state index is 0.165. The Hall–Kier alpha value is -3.01. The maximum atomic E-state index is 12.1. The molecule has 0 spiro atoms. The Morgan fingerprint density at radius 3 is 2.77 bits per heavy atom. The van der Waals surface area contributed by atoms with Crippen molar-refractivity contribution in [1.29, 1.82) is 0 Å². The molecule has 0 saturated carbocycles. The van der Waals surface area contributed by atoms with E-state index in [9.17, 15) is 4.79 Å². The van der Waals surface area contributed by atoms with Crippen molar-refractivity contribution in [2.75, 3.05) is 32.8 Å². The molecule has 6 heteroatoms. The number of hydrogen-bond donors (Lipinski definition) is 2. The first-order valence-electron chi connectivity index (χ1n) is 10.7. The molecule has 2 N–H and O–H groups in total. The zero-order chi connectivity index (χ0) is 21.9. The van der Waals surface area contributed by atoms with Crippen LogP contribution in [0, 0.1) is 12.3 Å². The van der Waals surface area contributed by atoms with Gasteiger partial charge in [-0.3, -0.25) is 4.90 Å². The molecule has 0 radical (unpaired) electrons. The summed E-state index contributed by atoms with van der Waals surface area (Å²) in [6.07, 6.45) is 6.21. The highest BCUT2D eigenvalue weighted by molar-refractivity contribution is 5.73. The second-order valence-electron chi connectivity index (χ2n) is 7.73. The van der Waals surface area contributed by atoms with Crippen molar-refractivity contribution in [2.45, 2.75) is 32.5 Å². The molecular weight excluding hydrogens is 390 g/mol. The van der Waals surface area contributed by atoms with Crippen LogP contribution in [0.15, 0.2) is 48.5 Å². The largest absolute Gasteiger partial charge is 0.481 e. The number of benzene rings is 2. The number of hydrogen-bond acceptors (Lipinski definition) is 4. The third kappa shape index (κ3) is 7.97. The first-order valence-corrected chi connectivity index (χ1v) is 10.7. The SMILES string of the molecule is C#CCOc1ccc(CCNC(=O)NCc2cccc(CN3CCOC(C)C3)c2)cc1. The van der Waals surface area contributed by atoms with Gasteiger partial charge >= 0.3 is 6.03 Å². The van der Waals surface area contributed by atoms with Crippen molar-refractivity contribution >= 4 is 6.03 Å². The van der Waals surface area contributed by atoms with Crippen LogP contribution in [0.4, 0.5) is 4.79 Å². The Morgan fingerprint density at radius 2 is 2.00 bits per heavy atom. The summed E-state index contributed by atoms with van der Waals surface area (Å²) < 4.78 is 11.0. The lowest BCUT2D eigenvalue weighted by molar-refractivity contribution is -0.0212. The summed E-state index contributed by atoms with van der Waals surface area (Å²) in [5.41, 5.74) is 3.47. The van der Waals surface area contributed by atoms with Crippen LogP contribution in [-0.4, -0.2) is 49.9 Å². The van der Waals surface area contributed by atoms with Gasteiger partial charge in [-0.25, -0.2) is 4.79 Å². The Kier molecular flexibility index (Phi) is 8.77. The van der Waals surface area contributed by atoms with Gasteiger partial charge in [-0.15, -0.1) is 6.42 Å². The lowest BCUT2D eigenvalue weighted by atomic mass is 10.1. The molecule has 2 amide bonds. The highest BCUT2D eigenvalue weighted by Crippen LogP contribution is 2.13. The van der Waals surface area contributed by atoms with Crippen LogP contribution in [0.25, 0.3) is 0 Å². The molecule has 0 aliphatic carbocycles. The van der Waals surface area contributed by atoms with Crippen molar-refractivity contribution in [2.24, 2.45) is 0 Å². The highest BCUT2D eigenvalue weighted by Gasteiger charge is 2.16. The quantitative estimate of drug-likeness (QED) is 0.611. The van der Waals surface area contributed by atoms with Crippen LogP contribution in [0.5, 0.6) is 5.75 Å². The summed E-state index contributed by atoms with van der Waals surface area (Å²) in [4.78, 5) is 14.5. The average molecular weight is 422 g/mol. The summed E-state index contributed by atoms with van der Waals surface area (Å²) in [5, 5.41) is 5.84. The third-order valence-electron chi connectivity index (χ3n) is 5.12. The van der Waals surface area contributed by atoms with Gasteiger partial charge in [0.1, 0.15) is 12.4 Å². The van der Waals surface area contributed by atoms with Crippen molar-refractivity contribution < 1.29 is 14.3 Å². The number of carbonyl (C=O) groups excluding carboxylic acids is 1. The number of urea groups is 1. The van der Waals surface area contributed by atoms with E-state index in [4.69, 9.17) is 15.9 Å². The molecule has 1 atom stereocenters. The molecule has 3 rings (SSSR count). The van der Waals surface area contributed by atoms with E-state index in [1.165, 1.54) is 5.56 Å². The predicted molar refractivity (Wildman–Crippen MR) is 122 cm³/mol. The summed E-state index contributed by atoms with van der Waals surface area (Å²) in [6.45, 7) is 7.02. The number of ether oxygens (including phenoxy) is 2. The first kappa shape index (κ1) is 22.7. The van der Waals surface area contributed by atoms with E-state index in [0.29, 0.717) is 13.1 Å². The van der Waals surface area contributed by atoms with E-state index in [-0.39, 0.29) is 18.7 Å². The minimum atomic E-state index is -0.165. The molecule has 31 heavy (non-hydrogen) atoms. The molecule has 0 bridgehead atoms. The Labute approximate surface area is 184 Å². The number of terminal acetylenes is 1. The number of morpholine rings is 1. The van der Waals surface area contributed by atoms with Crippen LogP contribution in [0.2, 0.25) is 0 Å².